The monoisotopic (exact) mass is 399 g/mol. The molecule has 1 fully saturated rings. The van der Waals surface area contributed by atoms with E-state index in [0.717, 1.165) is 11.1 Å². The Balaban J connectivity index is 1.60. The zero-order chi connectivity index (χ0) is 19.4. The zero-order valence-electron chi connectivity index (χ0n) is 15.6. The van der Waals surface area contributed by atoms with E-state index >= 15 is 0 Å². The third-order valence-corrected chi connectivity index (χ3v) is 5.57. The molecule has 27 heavy (non-hydrogen) atoms. The van der Waals surface area contributed by atoms with E-state index in [2.05, 4.69) is 48.4 Å². The number of hydrogen-bond donors (Lipinski definition) is 1. The van der Waals surface area contributed by atoms with Crippen LogP contribution >= 0.6 is 23.4 Å². The lowest BCUT2D eigenvalue weighted by Gasteiger charge is -2.18. The SMILES string of the molecule is CC(C)(C)c1ccc(/C=N/N=C2\NC(=O)C(Cc3ccc(Cl)cc3)S2)cc1. The van der Waals surface area contributed by atoms with Crippen LogP contribution in [0, 0.1) is 0 Å². The molecule has 2 aromatic carbocycles. The molecular formula is C21H22ClN3OS. The summed E-state index contributed by atoms with van der Waals surface area (Å²) >= 11 is 7.30. The second kappa shape index (κ2) is 8.28. The third kappa shape index (κ3) is 5.44. The average Bonchev–Trinajstić information content (AvgIpc) is 2.96. The van der Waals surface area contributed by atoms with Gasteiger partial charge in [0.1, 0.15) is 0 Å². The van der Waals surface area contributed by atoms with Crippen LogP contribution in [-0.2, 0) is 16.6 Å². The van der Waals surface area contributed by atoms with Gasteiger partial charge in [-0.2, -0.15) is 5.10 Å². The maximum Gasteiger partial charge on any atom is 0.239 e. The molecule has 2 aromatic rings. The number of halogens is 1. The molecule has 1 saturated heterocycles. The number of rotatable bonds is 4. The summed E-state index contributed by atoms with van der Waals surface area (Å²) in [5.41, 5.74) is 3.43. The Kier molecular flexibility index (Phi) is 6.02. The standard InChI is InChI=1S/C21H22ClN3OS/c1-21(2,3)16-8-4-15(5-9-16)13-23-25-20-24-19(26)18(27-20)12-14-6-10-17(22)11-7-14/h4-11,13,18H,12H2,1-3H3,(H,24,25,26)/b23-13+. The van der Waals surface area contributed by atoms with Crippen molar-refractivity contribution >= 4 is 40.7 Å². The normalized spacial score (nSPS) is 19.0. The molecule has 1 atom stereocenters. The Hall–Kier alpha value is -2.11. The van der Waals surface area contributed by atoms with Crippen LogP contribution in [0.4, 0.5) is 0 Å². The van der Waals surface area contributed by atoms with Gasteiger partial charge in [0, 0.05) is 5.02 Å². The predicted molar refractivity (Wildman–Crippen MR) is 115 cm³/mol. The number of thioether (sulfide) groups is 1. The summed E-state index contributed by atoms with van der Waals surface area (Å²) in [6.07, 6.45) is 2.32. The molecule has 3 rings (SSSR count). The van der Waals surface area contributed by atoms with Crippen LogP contribution in [0.5, 0.6) is 0 Å². The van der Waals surface area contributed by atoms with Crippen LogP contribution < -0.4 is 5.32 Å². The highest BCUT2D eigenvalue weighted by Gasteiger charge is 2.30. The highest BCUT2D eigenvalue weighted by molar-refractivity contribution is 8.15. The van der Waals surface area contributed by atoms with Gasteiger partial charge < -0.3 is 5.32 Å². The first-order chi connectivity index (χ1) is 12.8. The van der Waals surface area contributed by atoms with E-state index in [0.29, 0.717) is 16.6 Å². The summed E-state index contributed by atoms with van der Waals surface area (Å²) in [5, 5.41) is 12.1. The molecule has 1 unspecified atom stereocenters. The molecule has 1 aliphatic rings. The quantitative estimate of drug-likeness (QED) is 0.593. The van der Waals surface area contributed by atoms with Crippen molar-refractivity contribution in [2.24, 2.45) is 10.2 Å². The van der Waals surface area contributed by atoms with Gasteiger partial charge in [0.2, 0.25) is 5.91 Å². The van der Waals surface area contributed by atoms with Crippen molar-refractivity contribution in [1.29, 1.82) is 0 Å². The van der Waals surface area contributed by atoms with Crippen LogP contribution in [0.15, 0.2) is 58.7 Å². The average molecular weight is 400 g/mol. The molecule has 1 N–H and O–H groups in total. The van der Waals surface area contributed by atoms with E-state index in [4.69, 9.17) is 11.6 Å². The lowest BCUT2D eigenvalue weighted by molar-refractivity contribution is -0.118. The minimum absolute atomic E-state index is 0.0431. The van der Waals surface area contributed by atoms with Gasteiger partial charge in [-0.25, -0.2) is 0 Å². The van der Waals surface area contributed by atoms with E-state index in [9.17, 15) is 4.79 Å². The van der Waals surface area contributed by atoms with E-state index in [1.54, 1.807) is 6.21 Å². The molecule has 6 heteroatoms. The Bertz CT molecular complexity index is 868. The van der Waals surface area contributed by atoms with E-state index < -0.39 is 0 Å². The number of hydrogen-bond acceptors (Lipinski definition) is 4. The number of nitrogens with one attached hydrogen (secondary N) is 1. The fraction of sp³-hybridized carbons (Fsp3) is 0.286. The molecule has 1 heterocycles. The first kappa shape index (κ1) is 19.6. The van der Waals surface area contributed by atoms with Gasteiger partial charge in [0.15, 0.2) is 5.17 Å². The van der Waals surface area contributed by atoms with E-state index in [-0.39, 0.29) is 16.6 Å². The van der Waals surface area contributed by atoms with Gasteiger partial charge in [0.05, 0.1) is 11.5 Å². The maximum absolute atomic E-state index is 12.1. The van der Waals surface area contributed by atoms with Crippen LogP contribution in [0.2, 0.25) is 5.02 Å². The molecule has 0 aliphatic carbocycles. The Morgan fingerprint density at radius 2 is 1.78 bits per heavy atom. The fourth-order valence-corrected chi connectivity index (χ4v) is 3.73. The van der Waals surface area contributed by atoms with Crippen molar-refractivity contribution in [3.63, 3.8) is 0 Å². The zero-order valence-corrected chi connectivity index (χ0v) is 17.1. The van der Waals surface area contributed by atoms with Gasteiger partial charge in [-0.15, -0.1) is 5.10 Å². The second-order valence-electron chi connectivity index (χ2n) is 7.45. The molecular weight excluding hydrogens is 378 g/mol. The van der Waals surface area contributed by atoms with Crippen molar-refractivity contribution in [2.45, 2.75) is 37.9 Å². The molecule has 0 saturated carbocycles. The van der Waals surface area contributed by atoms with Crippen molar-refractivity contribution in [3.05, 3.63) is 70.2 Å². The first-order valence-electron chi connectivity index (χ1n) is 8.75. The minimum Gasteiger partial charge on any atom is -0.303 e. The highest BCUT2D eigenvalue weighted by Crippen LogP contribution is 2.24. The molecule has 1 amide bonds. The van der Waals surface area contributed by atoms with Gasteiger partial charge in [-0.3, -0.25) is 4.79 Å². The Morgan fingerprint density at radius 1 is 1.11 bits per heavy atom. The summed E-state index contributed by atoms with van der Waals surface area (Å²) in [6, 6.07) is 15.8. The smallest absolute Gasteiger partial charge is 0.239 e. The van der Waals surface area contributed by atoms with Crippen LogP contribution in [0.25, 0.3) is 0 Å². The lowest BCUT2D eigenvalue weighted by atomic mass is 9.87. The van der Waals surface area contributed by atoms with Gasteiger partial charge in [-0.05, 0) is 40.7 Å². The lowest BCUT2D eigenvalue weighted by Crippen LogP contribution is -2.25. The number of carbonyl (C=O) groups excluding carboxylic acids is 1. The summed E-state index contributed by atoms with van der Waals surface area (Å²) in [7, 11) is 0. The summed E-state index contributed by atoms with van der Waals surface area (Å²) in [6.45, 7) is 6.55. The number of amidine groups is 1. The van der Waals surface area contributed by atoms with Crippen molar-refractivity contribution in [1.82, 2.24) is 5.32 Å². The number of amides is 1. The largest absolute Gasteiger partial charge is 0.303 e. The van der Waals surface area contributed by atoms with Gasteiger partial charge >= 0.3 is 0 Å². The van der Waals surface area contributed by atoms with Crippen LogP contribution in [0.1, 0.15) is 37.5 Å². The summed E-state index contributed by atoms with van der Waals surface area (Å²) in [5.74, 6) is -0.0431. The third-order valence-electron chi connectivity index (χ3n) is 4.24. The van der Waals surface area contributed by atoms with Crippen molar-refractivity contribution < 1.29 is 4.79 Å². The molecule has 140 valence electrons. The Morgan fingerprint density at radius 3 is 2.41 bits per heavy atom. The Labute approximate surface area is 169 Å². The van der Waals surface area contributed by atoms with Crippen molar-refractivity contribution in [2.75, 3.05) is 0 Å². The van der Waals surface area contributed by atoms with Crippen molar-refractivity contribution in [3.8, 4) is 0 Å². The highest BCUT2D eigenvalue weighted by atomic mass is 35.5. The van der Waals surface area contributed by atoms with Crippen LogP contribution in [-0.4, -0.2) is 22.5 Å². The molecule has 0 spiro atoms. The predicted octanol–water partition coefficient (Wildman–Crippen LogP) is 4.80. The summed E-state index contributed by atoms with van der Waals surface area (Å²) < 4.78 is 0. The number of nitrogens with zero attached hydrogens (tertiary/aromatic N) is 2. The topological polar surface area (TPSA) is 53.8 Å². The minimum atomic E-state index is -0.203. The van der Waals surface area contributed by atoms with Gasteiger partial charge in [0.25, 0.3) is 0 Å². The molecule has 4 nitrogen and oxygen atoms in total. The maximum atomic E-state index is 12.1. The molecule has 0 radical (unpaired) electrons. The van der Waals surface area contributed by atoms with E-state index in [1.165, 1.54) is 17.3 Å². The molecule has 0 aromatic heterocycles. The second-order valence-corrected chi connectivity index (χ2v) is 9.08. The van der Waals surface area contributed by atoms with Gasteiger partial charge in [-0.1, -0.05) is 80.5 Å². The number of carbonyl (C=O) groups is 1. The van der Waals surface area contributed by atoms with E-state index in [1.807, 2.05) is 36.4 Å². The molecule has 1 aliphatic heterocycles. The number of benzene rings is 2. The molecule has 0 bridgehead atoms. The van der Waals surface area contributed by atoms with Crippen LogP contribution in [0.3, 0.4) is 0 Å². The summed E-state index contributed by atoms with van der Waals surface area (Å²) in [4.78, 5) is 12.1. The first-order valence-corrected chi connectivity index (χ1v) is 10.0. The fourth-order valence-electron chi connectivity index (χ4n) is 2.64.